The van der Waals surface area contributed by atoms with E-state index >= 15 is 0 Å². The molecule has 284 valence electrons. The Hall–Kier alpha value is -5.23. The monoisotopic (exact) mass is 745 g/mol. The zero-order valence-corrected chi connectivity index (χ0v) is 33.8. The van der Waals surface area contributed by atoms with E-state index in [1.54, 1.807) is 42.8 Å². The molecule has 11 nitrogen and oxygen atoms in total. The van der Waals surface area contributed by atoms with Gasteiger partial charge in [-0.15, -0.1) is 11.3 Å². The van der Waals surface area contributed by atoms with Crippen LogP contribution in [0, 0.1) is 0 Å². The summed E-state index contributed by atoms with van der Waals surface area (Å²) in [5.74, 6) is 0. The molecule has 0 unspecified atom stereocenters. The maximum atomic E-state index is 4.37. The van der Waals surface area contributed by atoms with E-state index in [9.17, 15) is 0 Å². The summed E-state index contributed by atoms with van der Waals surface area (Å²) < 4.78 is 1.22. The maximum Gasteiger partial charge on any atom is 0.158 e. The number of aromatic amines is 2. The number of thiophene rings is 1. The highest BCUT2D eigenvalue weighted by atomic mass is 32.1. The van der Waals surface area contributed by atoms with Gasteiger partial charge in [0.25, 0.3) is 0 Å². The lowest BCUT2D eigenvalue weighted by Crippen LogP contribution is -2.14. The molecule has 0 amide bonds. The van der Waals surface area contributed by atoms with E-state index in [1.165, 1.54) is 4.70 Å². The van der Waals surface area contributed by atoms with E-state index in [1.807, 2.05) is 36.5 Å². The number of hydrogen-bond donors (Lipinski definition) is 2. The van der Waals surface area contributed by atoms with Crippen LogP contribution in [0.15, 0.2) is 79.5 Å². The number of fused-ring (bicyclic) bond motifs is 4. The average molecular weight is 746 g/mol. The highest BCUT2D eigenvalue weighted by Crippen LogP contribution is 2.31. The van der Waals surface area contributed by atoms with E-state index in [0.29, 0.717) is 0 Å². The zero-order valence-electron chi connectivity index (χ0n) is 32.9. The molecule has 0 aliphatic heterocycles. The minimum Gasteiger partial charge on any atom is -0.346 e. The molecule has 12 heteroatoms. The summed E-state index contributed by atoms with van der Waals surface area (Å²) in [6, 6.07) is 12.2. The number of nitrogens with one attached hydrogen (secondary N) is 2. The number of nitrogens with zero attached hydrogens (tertiary/aromatic N) is 9. The lowest BCUT2D eigenvalue weighted by Gasteiger charge is -2.18. The fourth-order valence-corrected chi connectivity index (χ4v) is 6.80. The first-order valence-corrected chi connectivity index (χ1v) is 18.6. The summed E-state index contributed by atoms with van der Waals surface area (Å²) in [5.41, 5.74) is 8.47. The van der Waals surface area contributed by atoms with Crippen LogP contribution in [-0.2, 0) is 21.7 Å². The Morgan fingerprint density at radius 1 is 0.481 bits per heavy atom. The van der Waals surface area contributed by atoms with Crippen molar-refractivity contribution in [3.63, 3.8) is 0 Å². The second-order valence-corrected chi connectivity index (χ2v) is 17.8. The van der Waals surface area contributed by atoms with E-state index in [-0.39, 0.29) is 29.1 Å². The van der Waals surface area contributed by atoms with Gasteiger partial charge in [0.05, 0.1) is 50.1 Å². The topological polar surface area (TPSA) is 148 Å². The van der Waals surface area contributed by atoms with Gasteiger partial charge in [-0.1, -0.05) is 109 Å². The Morgan fingerprint density at radius 3 is 1.59 bits per heavy atom. The smallest absolute Gasteiger partial charge is 0.158 e. The molecule has 0 aliphatic carbocycles. The van der Waals surface area contributed by atoms with Crippen molar-refractivity contribution in [3.8, 4) is 0 Å². The predicted molar refractivity (Wildman–Crippen MR) is 224 cm³/mol. The molecule has 0 radical (unpaired) electrons. The Labute approximate surface area is 323 Å². The van der Waals surface area contributed by atoms with Gasteiger partial charge in [-0.2, -0.15) is 5.10 Å². The average Bonchev–Trinajstić information content (AvgIpc) is 3.88. The molecule has 8 rings (SSSR count). The van der Waals surface area contributed by atoms with Crippen molar-refractivity contribution in [1.82, 2.24) is 55.1 Å². The summed E-state index contributed by atoms with van der Waals surface area (Å²) in [7, 11) is 0. The zero-order chi connectivity index (χ0) is 38.6. The minimum absolute atomic E-state index is 0. The SMILES string of the molecule is C.CC(C)(C)c1ncnc2[nH]ccc12.CC(C)(C)c1ncnc2[nH]ncc12.CC(C)(C)c1ncnc2ccccc12.CC(C)(C)c1ncnc2ccsc12. The fourth-order valence-electron chi connectivity index (χ4n) is 5.76. The molecule has 8 aromatic rings. The van der Waals surface area contributed by atoms with Gasteiger partial charge in [0, 0.05) is 38.6 Å². The van der Waals surface area contributed by atoms with Crippen LogP contribution in [0.5, 0.6) is 0 Å². The van der Waals surface area contributed by atoms with Crippen molar-refractivity contribution >= 4 is 54.5 Å². The lowest BCUT2D eigenvalue weighted by molar-refractivity contribution is 0.574. The molecule has 0 spiro atoms. The van der Waals surface area contributed by atoms with E-state index < -0.39 is 0 Å². The van der Waals surface area contributed by atoms with Crippen molar-refractivity contribution in [1.29, 1.82) is 0 Å². The Balaban J connectivity index is 0.000000160. The van der Waals surface area contributed by atoms with Gasteiger partial charge < -0.3 is 4.98 Å². The van der Waals surface area contributed by atoms with Crippen LogP contribution >= 0.6 is 11.3 Å². The first kappa shape index (κ1) is 41.5. The standard InChI is InChI=1S/C12H14N2.C10H13N3.C10H12N2S.C9H12N4.CH4/c1-12(2,3)11-9-6-4-5-7-10(9)13-8-14-11;1-10(2,3)8-7-4-5-11-9(7)13-6-12-8;1-10(2,3)9-8-7(4-5-13-8)11-6-12-9;1-9(2,3)7-6-4-12-13-8(6)11-5-10-7;/h4-8H,1-3H3;4-6H,1-3H3,(H,11,12,13);4-6H,1-3H3;4-5H,1-3H3,(H,10,11,12,13);1H4. The van der Waals surface area contributed by atoms with Crippen molar-refractivity contribution in [2.24, 2.45) is 0 Å². The van der Waals surface area contributed by atoms with E-state index in [0.717, 1.165) is 61.3 Å². The van der Waals surface area contributed by atoms with Gasteiger partial charge in [0.1, 0.15) is 31.0 Å². The normalized spacial score (nSPS) is 11.9. The number of rotatable bonds is 0. The molecule has 0 fully saturated rings. The largest absolute Gasteiger partial charge is 0.346 e. The third-order valence-corrected chi connectivity index (χ3v) is 9.14. The Bertz CT molecular complexity index is 2210. The van der Waals surface area contributed by atoms with Crippen molar-refractivity contribution < 1.29 is 0 Å². The molecule has 0 saturated heterocycles. The van der Waals surface area contributed by atoms with Gasteiger partial charge in [-0.3, -0.25) is 5.10 Å². The fraction of sp³-hybridized carbons (Fsp3) is 0.405. The van der Waals surface area contributed by atoms with Gasteiger partial charge in [0.15, 0.2) is 5.65 Å². The molecule has 2 N–H and O–H groups in total. The first-order valence-electron chi connectivity index (χ1n) is 17.7. The number of aromatic nitrogens is 11. The number of para-hydroxylation sites is 1. The van der Waals surface area contributed by atoms with Crippen LogP contribution in [0.3, 0.4) is 0 Å². The Morgan fingerprint density at radius 2 is 0.981 bits per heavy atom. The lowest BCUT2D eigenvalue weighted by atomic mass is 9.89. The van der Waals surface area contributed by atoms with E-state index in [2.05, 4.69) is 150 Å². The highest BCUT2D eigenvalue weighted by molar-refractivity contribution is 7.17. The van der Waals surface area contributed by atoms with Gasteiger partial charge in [-0.25, -0.2) is 39.9 Å². The van der Waals surface area contributed by atoms with E-state index in [4.69, 9.17) is 0 Å². The molecule has 0 aliphatic rings. The number of benzene rings is 1. The molecule has 7 aromatic heterocycles. The van der Waals surface area contributed by atoms with Gasteiger partial charge >= 0.3 is 0 Å². The molecule has 1 aromatic carbocycles. The second-order valence-electron chi connectivity index (χ2n) is 16.9. The molecule has 7 heterocycles. The third-order valence-electron chi connectivity index (χ3n) is 8.23. The maximum absolute atomic E-state index is 4.37. The summed E-state index contributed by atoms with van der Waals surface area (Å²) in [5, 5.41) is 12.1. The summed E-state index contributed by atoms with van der Waals surface area (Å²) >= 11 is 1.72. The van der Waals surface area contributed by atoms with Crippen LogP contribution in [0.2, 0.25) is 0 Å². The number of H-pyrrole nitrogens is 2. The minimum atomic E-state index is 0. The number of hydrogen-bond acceptors (Lipinski definition) is 10. The van der Waals surface area contributed by atoms with Crippen LogP contribution in [0.1, 0.15) is 113 Å². The van der Waals surface area contributed by atoms with Gasteiger partial charge in [0.2, 0.25) is 0 Å². The quantitative estimate of drug-likeness (QED) is 0.155. The molecule has 54 heavy (non-hydrogen) atoms. The van der Waals surface area contributed by atoms with Crippen LogP contribution < -0.4 is 0 Å². The van der Waals surface area contributed by atoms with Crippen LogP contribution in [-0.4, -0.2) is 55.1 Å². The molecular formula is C42H55N11S. The van der Waals surface area contributed by atoms with Crippen molar-refractivity contribution in [3.05, 3.63) is 102 Å². The van der Waals surface area contributed by atoms with Crippen LogP contribution in [0.25, 0.3) is 43.2 Å². The molecular weight excluding hydrogens is 691 g/mol. The third kappa shape index (κ3) is 9.84. The van der Waals surface area contributed by atoms with Crippen LogP contribution in [0.4, 0.5) is 0 Å². The molecule has 0 bridgehead atoms. The second kappa shape index (κ2) is 16.4. The predicted octanol–water partition coefficient (Wildman–Crippen LogP) is 10.5. The Kier molecular flexibility index (Phi) is 12.6. The summed E-state index contributed by atoms with van der Waals surface area (Å²) in [4.78, 5) is 37.1. The summed E-state index contributed by atoms with van der Waals surface area (Å²) in [6.45, 7) is 25.9. The van der Waals surface area contributed by atoms with Gasteiger partial charge in [-0.05, 0) is 23.6 Å². The summed E-state index contributed by atoms with van der Waals surface area (Å²) in [6.07, 6.45) is 10.1. The highest BCUT2D eigenvalue weighted by Gasteiger charge is 2.21. The van der Waals surface area contributed by atoms with Crippen molar-refractivity contribution in [2.75, 3.05) is 0 Å². The molecule has 0 saturated carbocycles. The molecule has 0 atom stereocenters. The first-order chi connectivity index (χ1) is 24.9. The van der Waals surface area contributed by atoms with Crippen molar-refractivity contribution in [2.45, 2.75) is 112 Å².